The number of furan rings is 1. The fourth-order valence-corrected chi connectivity index (χ4v) is 3.89. The summed E-state index contributed by atoms with van der Waals surface area (Å²) < 4.78 is 5.54. The maximum Gasteiger partial charge on any atom is 0.224 e. The summed E-state index contributed by atoms with van der Waals surface area (Å²) in [6.45, 7) is 3.47. The number of anilines is 1. The van der Waals surface area contributed by atoms with Crippen LogP contribution in [0.2, 0.25) is 0 Å². The van der Waals surface area contributed by atoms with Crippen LogP contribution in [0, 0.1) is 5.92 Å². The van der Waals surface area contributed by atoms with Gasteiger partial charge in [0.15, 0.2) is 11.6 Å². The van der Waals surface area contributed by atoms with E-state index in [2.05, 4.69) is 15.5 Å². The van der Waals surface area contributed by atoms with Crippen molar-refractivity contribution in [2.75, 3.05) is 38.1 Å². The highest BCUT2D eigenvalue weighted by atomic mass is 16.3. The molecule has 0 saturated carbocycles. The van der Waals surface area contributed by atoms with Gasteiger partial charge in [0.05, 0.1) is 17.9 Å². The zero-order valence-electron chi connectivity index (χ0n) is 15.1. The van der Waals surface area contributed by atoms with E-state index >= 15 is 0 Å². The van der Waals surface area contributed by atoms with Crippen molar-refractivity contribution in [2.45, 2.75) is 25.7 Å². The van der Waals surface area contributed by atoms with Gasteiger partial charge in [-0.1, -0.05) is 0 Å². The molecule has 2 aromatic rings. The smallest absolute Gasteiger partial charge is 0.224 e. The summed E-state index contributed by atoms with van der Waals surface area (Å²) >= 11 is 0. The van der Waals surface area contributed by atoms with Gasteiger partial charge >= 0.3 is 0 Å². The van der Waals surface area contributed by atoms with Crippen LogP contribution in [0.25, 0.3) is 11.6 Å². The number of amides is 1. The average Bonchev–Trinajstić information content (AvgIpc) is 3.12. The van der Waals surface area contributed by atoms with Crippen LogP contribution in [0.3, 0.4) is 0 Å². The summed E-state index contributed by atoms with van der Waals surface area (Å²) in [6.07, 6.45) is 5.35. The summed E-state index contributed by atoms with van der Waals surface area (Å²) in [7, 11) is 1.71. The lowest BCUT2D eigenvalue weighted by Gasteiger charge is -2.34. The lowest BCUT2D eigenvalue weighted by molar-refractivity contribution is -0.124. The molecule has 1 amide bonds. The lowest BCUT2D eigenvalue weighted by atomic mass is 9.96. The van der Waals surface area contributed by atoms with E-state index in [0.29, 0.717) is 18.1 Å². The molecule has 0 bridgehead atoms. The lowest BCUT2D eigenvalue weighted by Crippen LogP contribution is -2.43. The molecule has 7 heteroatoms. The molecule has 1 fully saturated rings. The van der Waals surface area contributed by atoms with E-state index in [1.54, 1.807) is 13.3 Å². The molecule has 2 aliphatic rings. The fraction of sp³-hybridized carbons (Fsp3) is 0.526. The molecule has 2 aliphatic heterocycles. The minimum absolute atomic E-state index is 0.00957. The van der Waals surface area contributed by atoms with Crippen molar-refractivity contribution < 1.29 is 9.21 Å². The summed E-state index contributed by atoms with van der Waals surface area (Å²) in [4.78, 5) is 24.1. The zero-order chi connectivity index (χ0) is 17.9. The van der Waals surface area contributed by atoms with Crippen LogP contribution in [-0.2, 0) is 17.6 Å². The second kappa shape index (κ2) is 7.45. The van der Waals surface area contributed by atoms with Crippen LogP contribution in [-0.4, -0.2) is 49.1 Å². The Morgan fingerprint density at radius 2 is 2.23 bits per heavy atom. The molecule has 4 heterocycles. The van der Waals surface area contributed by atoms with E-state index in [1.165, 1.54) is 5.56 Å². The number of carbonyl (C=O) groups excluding carboxylic acids is 1. The van der Waals surface area contributed by atoms with Crippen molar-refractivity contribution in [1.82, 2.24) is 20.6 Å². The van der Waals surface area contributed by atoms with E-state index in [1.807, 2.05) is 12.1 Å². The summed E-state index contributed by atoms with van der Waals surface area (Å²) in [6, 6.07) is 3.75. The quantitative estimate of drug-likeness (QED) is 0.866. The Labute approximate surface area is 153 Å². The van der Waals surface area contributed by atoms with E-state index in [9.17, 15) is 4.79 Å². The number of nitrogens with zero attached hydrogens (tertiary/aromatic N) is 3. The molecule has 138 valence electrons. The molecule has 2 aromatic heterocycles. The molecule has 4 rings (SSSR count). The summed E-state index contributed by atoms with van der Waals surface area (Å²) in [5.41, 5.74) is 2.30. The van der Waals surface area contributed by atoms with Crippen molar-refractivity contribution in [2.24, 2.45) is 5.92 Å². The van der Waals surface area contributed by atoms with E-state index in [-0.39, 0.29) is 11.8 Å². The first-order valence-corrected chi connectivity index (χ1v) is 9.37. The second-order valence-corrected chi connectivity index (χ2v) is 6.92. The number of nitrogens with one attached hydrogen (secondary N) is 2. The highest BCUT2D eigenvalue weighted by molar-refractivity contribution is 5.79. The van der Waals surface area contributed by atoms with Crippen molar-refractivity contribution in [3.05, 3.63) is 29.7 Å². The summed E-state index contributed by atoms with van der Waals surface area (Å²) in [5.74, 6) is 2.41. The number of carbonyl (C=O) groups is 1. The third kappa shape index (κ3) is 3.31. The van der Waals surface area contributed by atoms with Gasteiger partial charge < -0.3 is 20.0 Å². The van der Waals surface area contributed by atoms with Crippen LogP contribution in [0.4, 0.5) is 5.82 Å². The highest BCUT2D eigenvalue weighted by Crippen LogP contribution is 2.30. The Morgan fingerprint density at radius 3 is 3.04 bits per heavy atom. The maximum absolute atomic E-state index is 12.1. The van der Waals surface area contributed by atoms with Crippen LogP contribution < -0.4 is 15.5 Å². The molecule has 1 atom stereocenters. The molecule has 7 nitrogen and oxygen atoms in total. The topological polar surface area (TPSA) is 83.3 Å². The Kier molecular flexibility index (Phi) is 4.88. The maximum atomic E-state index is 12.1. The van der Waals surface area contributed by atoms with Gasteiger partial charge in [0.25, 0.3) is 0 Å². The normalized spacial score (nSPS) is 20.3. The van der Waals surface area contributed by atoms with E-state index in [4.69, 9.17) is 14.4 Å². The molecule has 0 aliphatic carbocycles. The number of piperidine rings is 1. The molecule has 0 unspecified atom stereocenters. The van der Waals surface area contributed by atoms with Gasteiger partial charge in [-0.2, -0.15) is 0 Å². The minimum atomic E-state index is 0.00957. The molecule has 0 radical (unpaired) electrons. The predicted molar refractivity (Wildman–Crippen MR) is 99.0 cm³/mol. The molecule has 1 saturated heterocycles. The van der Waals surface area contributed by atoms with Gasteiger partial charge in [-0.3, -0.25) is 4.79 Å². The fourth-order valence-electron chi connectivity index (χ4n) is 3.89. The SMILES string of the molecule is CNC(=O)[C@H]1CCCN(c2nc(-c3ccco3)nc3c2CCNCC3)C1. The third-order valence-electron chi connectivity index (χ3n) is 5.24. The first-order chi connectivity index (χ1) is 12.8. The van der Waals surface area contributed by atoms with Gasteiger partial charge in [0, 0.05) is 38.7 Å². The number of rotatable bonds is 3. The zero-order valence-corrected chi connectivity index (χ0v) is 15.1. The van der Waals surface area contributed by atoms with Crippen molar-refractivity contribution in [3.63, 3.8) is 0 Å². The van der Waals surface area contributed by atoms with Gasteiger partial charge in [-0.15, -0.1) is 0 Å². The van der Waals surface area contributed by atoms with Crippen LogP contribution in [0.5, 0.6) is 0 Å². The highest BCUT2D eigenvalue weighted by Gasteiger charge is 2.29. The van der Waals surface area contributed by atoms with Crippen molar-refractivity contribution in [3.8, 4) is 11.6 Å². The predicted octanol–water partition coefficient (Wildman–Crippen LogP) is 1.39. The molecular weight excluding hydrogens is 330 g/mol. The Bertz CT molecular complexity index is 774. The number of aromatic nitrogens is 2. The number of hydrogen-bond acceptors (Lipinski definition) is 6. The minimum Gasteiger partial charge on any atom is -0.461 e. The first-order valence-electron chi connectivity index (χ1n) is 9.37. The van der Waals surface area contributed by atoms with Crippen LogP contribution >= 0.6 is 0 Å². The Balaban J connectivity index is 1.73. The number of hydrogen-bond donors (Lipinski definition) is 2. The monoisotopic (exact) mass is 355 g/mol. The van der Waals surface area contributed by atoms with E-state index < -0.39 is 0 Å². The average molecular weight is 355 g/mol. The first kappa shape index (κ1) is 17.0. The molecule has 2 N–H and O–H groups in total. The largest absolute Gasteiger partial charge is 0.461 e. The molecule has 0 spiro atoms. The molecule has 26 heavy (non-hydrogen) atoms. The van der Waals surface area contributed by atoms with Crippen LogP contribution in [0.15, 0.2) is 22.8 Å². The van der Waals surface area contributed by atoms with Crippen molar-refractivity contribution >= 4 is 11.7 Å². The Morgan fingerprint density at radius 1 is 1.35 bits per heavy atom. The van der Waals surface area contributed by atoms with Gasteiger partial charge in [-0.25, -0.2) is 9.97 Å². The molecule has 0 aromatic carbocycles. The Hall–Kier alpha value is -2.41. The third-order valence-corrected chi connectivity index (χ3v) is 5.24. The van der Waals surface area contributed by atoms with Gasteiger partial charge in [0.2, 0.25) is 5.91 Å². The van der Waals surface area contributed by atoms with Crippen molar-refractivity contribution in [1.29, 1.82) is 0 Å². The standard InChI is InChI=1S/C19H25N5O2/c1-20-19(25)13-4-2-10-24(12-13)18-14-6-8-21-9-7-15(14)22-17(23-18)16-5-3-11-26-16/h3,5,11,13,21H,2,4,6-10,12H2,1H3,(H,20,25)/t13-/m0/s1. The summed E-state index contributed by atoms with van der Waals surface area (Å²) in [5, 5.41) is 6.23. The van der Waals surface area contributed by atoms with Gasteiger partial charge in [0.1, 0.15) is 5.82 Å². The van der Waals surface area contributed by atoms with Crippen LogP contribution in [0.1, 0.15) is 24.1 Å². The number of fused-ring (bicyclic) bond motifs is 1. The second-order valence-electron chi connectivity index (χ2n) is 6.92. The van der Waals surface area contributed by atoms with E-state index in [0.717, 1.165) is 56.8 Å². The molecular formula is C19H25N5O2. The van der Waals surface area contributed by atoms with Gasteiger partial charge in [-0.05, 0) is 37.9 Å².